The molecule has 9 heteroatoms. The summed E-state index contributed by atoms with van der Waals surface area (Å²) in [6, 6.07) is 5.20. The monoisotopic (exact) mass is 314 g/mol. The average molecular weight is 314 g/mol. The Labute approximate surface area is 121 Å². The third kappa shape index (κ3) is 3.47. The molecule has 1 atom stereocenters. The van der Waals surface area contributed by atoms with Crippen molar-refractivity contribution >= 4 is 24.5 Å². The number of hydrogen-bond donors (Lipinski definition) is 1. The van der Waals surface area contributed by atoms with E-state index in [1.165, 1.54) is 28.9 Å². The second-order valence-electron chi connectivity index (χ2n) is 4.62. The van der Waals surface area contributed by atoms with Gasteiger partial charge in [-0.2, -0.15) is 0 Å². The van der Waals surface area contributed by atoms with E-state index in [9.17, 15) is 19.5 Å². The molecule has 1 aromatic carbocycles. The fraction of sp³-hybridized carbons (Fsp3) is 0.417. The van der Waals surface area contributed by atoms with Crippen LogP contribution in [0.2, 0.25) is 0 Å². The largest absolute Gasteiger partial charge is 0.480 e. The van der Waals surface area contributed by atoms with E-state index in [0.29, 0.717) is 19.4 Å². The van der Waals surface area contributed by atoms with Crippen LogP contribution in [0.3, 0.4) is 0 Å². The minimum Gasteiger partial charge on any atom is -0.480 e. The third-order valence-corrected chi connectivity index (χ3v) is 5.72. The molecular formula is C12H15N2O6P. The highest BCUT2D eigenvalue weighted by Crippen LogP contribution is 2.51. The minimum atomic E-state index is -3.49. The Morgan fingerprint density at radius 3 is 2.62 bits per heavy atom. The minimum absolute atomic E-state index is 0.120. The van der Waals surface area contributed by atoms with Crippen LogP contribution in [0.15, 0.2) is 24.3 Å². The van der Waals surface area contributed by atoms with Gasteiger partial charge in [-0.25, -0.2) is 4.67 Å². The standard InChI is InChI=1S/C12H15N2O6P/c15-12(16)9-13-7-1-2-8-20-21(13,19)11-5-3-10(4-6-11)14(17)18/h3-6H,1-2,7-9H2,(H,15,16). The van der Waals surface area contributed by atoms with E-state index in [2.05, 4.69) is 0 Å². The molecule has 21 heavy (non-hydrogen) atoms. The molecule has 1 unspecified atom stereocenters. The second kappa shape index (κ2) is 6.34. The predicted molar refractivity (Wildman–Crippen MR) is 74.7 cm³/mol. The first-order valence-corrected chi connectivity index (χ1v) is 7.98. The normalized spacial score (nSPS) is 23.4. The van der Waals surface area contributed by atoms with E-state index in [1.54, 1.807) is 0 Å². The average Bonchev–Trinajstić information content (AvgIpc) is 2.62. The summed E-state index contributed by atoms with van der Waals surface area (Å²) in [4.78, 5) is 21.0. The maximum Gasteiger partial charge on any atom is 0.318 e. The lowest BCUT2D eigenvalue weighted by Gasteiger charge is -2.27. The molecule has 1 N–H and O–H groups in total. The van der Waals surface area contributed by atoms with Crippen molar-refractivity contribution in [2.45, 2.75) is 12.8 Å². The summed E-state index contributed by atoms with van der Waals surface area (Å²) in [5.41, 5.74) is -0.120. The predicted octanol–water partition coefficient (Wildman–Crippen LogP) is 1.61. The molecule has 114 valence electrons. The highest BCUT2D eigenvalue weighted by atomic mass is 31.2. The molecule has 0 bridgehead atoms. The van der Waals surface area contributed by atoms with Gasteiger partial charge in [0.25, 0.3) is 5.69 Å². The molecule has 1 heterocycles. The number of nitrogens with zero attached hydrogens (tertiary/aromatic N) is 2. The van der Waals surface area contributed by atoms with Gasteiger partial charge < -0.3 is 9.63 Å². The molecule has 0 aliphatic carbocycles. The SMILES string of the molecule is O=C(O)CN1CCCCOP1(=O)c1ccc([N+](=O)[O-])cc1. The molecule has 0 aromatic heterocycles. The van der Waals surface area contributed by atoms with Crippen LogP contribution in [0.4, 0.5) is 5.69 Å². The van der Waals surface area contributed by atoms with Crippen LogP contribution in [0.1, 0.15) is 12.8 Å². The lowest BCUT2D eigenvalue weighted by atomic mass is 10.3. The van der Waals surface area contributed by atoms with Gasteiger partial charge in [0.05, 0.1) is 16.8 Å². The van der Waals surface area contributed by atoms with Gasteiger partial charge in [-0.1, -0.05) is 0 Å². The summed E-state index contributed by atoms with van der Waals surface area (Å²) >= 11 is 0. The van der Waals surface area contributed by atoms with Crippen LogP contribution in [0, 0.1) is 10.1 Å². The van der Waals surface area contributed by atoms with E-state index in [0.717, 1.165) is 0 Å². The van der Waals surface area contributed by atoms with Crippen molar-refractivity contribution in [2.24, 2.45) is 0 Å². The van der Waals surface area contributed by atoms with Crippen molar-refractivity contribution in [2.75, 3.05) is 19.7 Å². The van der Waals surface area contributed by atoms with Crippen LogP contribution in [0.5, 0.6) is 0 Å². The molecule has 0 amide bonds. The molecule has 0 spiro atoms. The first kappa shape index (κ1) is 15.6. The maximum absolute atomic E-state index is 13.1. The summed E-state index contributed by atoms with van der Waals surface area (Å²) in [6.45, 7) is 0.221. The zero-order valence-electron chi connectivity index (χ0n) is 11.2. The van der Waals surface area contributed by atoms with Gasteiger partial charge in [-0.05, 0) is 25.0 Å². The van der Waals surface area contributed by atoms with Crippen molar-refractivity contribution < 1.29 is 23.9 Å². The van der Waals surface area contributed by atoms with Crippen molar-refractivity contribution in [3.63, 3.8) is 0 Å². The van der Waals surface area contributed by atoms with E-state index >= 15 is 0 Å². The van der Waals surface area contributed by atoms with Gasteiger partial charge in [0, 0.05) is 18.7 Å². The molecular weight excluding hydrogens is 299 g/mol. The quantitative estimate of drug-likeness (QED) is 0.510. The van der Waals surface area contributed by atoms with Gasteiger partial charge >= 0.3 is 13.5 Å². The van der Waals surface area contributed by atoms with Crippen LogP contribution in [-0.4, -0.2) is 40.4 Å². The first-order chi connectivity index (χ1) is 9.93. The molecule has 1 saturated heterocycles. The van der Waals surface area contributed by atoms with Crippen molar-refractivity contribution in [1.82, 2.24) is 4.67 Å². The van der Waals surface area contributed by atoms with Crippen LogP contribution >= 0.6 is 7.52 Å². The summed E-state index contributed by atoms with van der Waals surface area (Å²) in [5, 5.41) is 19.9. The number of carbonyl (C=O) groups is 1. The molecule has 1 aliphatic heterocycles. The number of non-ortho nitro benzene ring substituents is 1. The number of hydrogen-bond acceptors (Lipinski definition) is 5. The van der Waals surface area contributed by atoms with E-state index < -0.39 is 25.0 Å². The number of carboxylic acid groups (broad SMARTS) is 1. The Balaban J connectivity index is 2.36. The van der Waals surface area contributed by atoms with E-state index in [1.807, 2.05) is 0 Å². The fourth-order valence-electron chi connectivity index (χ4n) is 2.13. The summed E-state index contributed by atoms with van der Waals surface area (Å²) in [7, 11) is -3.49. The van der Waals surface area contributed by atoms with Crippen molar-refractivity contribution in [1.29, 1.82) is 0 Å². The van der Waals surface area contributed by atoms with Crippen LogP contribution < -0.4 is 5.30 Å². The lowest BCUT2D eigenvalue weighted by Crippen LogP contribution is -2.31. The molecule has 0 saturated carbocycles. The Morgan fingerprint density at radius 1 is 1.38 bits per heavy atom. The Kier molecular flexibility index (Phi) is 4.72. The molecule has 1 aromatic rings. The Morgan fingerprint density at radius 2 is 2.05 bits per heavy atom. The number of aliphatic carboxylic acids is 1. The van der Waals surface area contributed by atoms with Gasteiger partial charge in [0.2, 0.25) is 0 Å². The van der Waals surface area contributed by atoms with E-state index in [-0.39, 0.29) is 17.6 Å². The lowest BCUT2D eigenvalue weighted by molar-refractivity contribution is -0.384. The molecule has 1 aliphatic rings. The summed E-state index contributed by atoms with van der Waals surface area (Å²) in [5.74, 6) is -1.09. The van der Waals surface area contributed by atoms with E-state index in [4.69, 9.17) is 9.63 Å². The smallest absolute Gasteiger partial charge is 0.318 e. The number of benzene rings is 1. The second-order valence-corrected chi connectivity index (χ2v) is 7.00. The zero-order valence-corrected chi connectivity index (χ0v) is 12.1. The van der Waals surface area contributed by atoms with Crippen LogP contribution in [0.25, 0.3) is 0 Å². The zero-order chi connectivity index (χ0) is 15.5. The van der Waals surface area contributed by atoms with Crippen LogP contribution in [-0.2, 0) is 13.9 Å². The highest BCUT2D eigenvalue weighted by Gasteiger charge is 2.36. The van der Waals surface area contributed by atoms with Gasteiger partial charge in [0.15, 0.2) is 0 Å². The van der Waals surface area contributed by atoms with Gasteiger partial charge in [0.1, 0.15) is 6.54 Å². The number of rotatable bonds is 4. The number of nitro benzene ring substituents is 1. The molecule has 8 nitrogen and oxygen atoms in total. The summed E-state index contributed by atoms with van der Waals surface area (Å²) < 4.78 is 19.8. The van der Waals surface area contributed by atoms with Gasteiger partial charge in [-0.3, -0.25) is 19.5 Å². The van der Waals surface area contributed by atoms with Crippen molar-refractivity contribution in [3.05, 3.63) is 34.4 Å². The fourth-order valence-corrected chi connectivity index (χ4v) is 4.38. The maximum atomic E-state index is 13.1. The van der Waals surface area contributed by atoms with Crippen molar-refractivity contribution in [3.8, 4) is 0 Å². The Bertz CT molecular complexity index is 588. The molecule has 0 radical (unpaired) electrons. The van der Waals surface area contributed by atoms with Gasteiger partial charge in [-0.15, -0.1) is 0 Å². The summed E-state index contributed by atoms with van der Waals surface area (Å²) in [6.07, 6.45) is 1.37. The highest BCUT2D eigenvalue weighted by molar-refractivity contribution is 7.64. The number of carboxylic acids is 1. The molecule has 2 rings (SSSR count). The first-order valence-electron chi connectivity index (χ1n) is 6.40. The topological polar surface area (TPSA) is 110 Å². The molecule has 1 fully saturated rings. The number of nitro groups is 1. The third-order valence-electron chi connectivity index (χ3n) is 3.15. The Hall–Kier alpha value is -1.76.